The van der Waals surface area contributed by atoms with Crippen LogP contribution >= 0.6 is 11.6 Å². The van der Waals surface area contributed by atoms with Crippen LogP contribution in [0, 0.1) is 12.7 Å². The quantitative estimate of drug-likeness (QED) is 0.0322. The maximum atomic E-state index is 15.0. The molecular formula is C49H67ClFN9O9. The summed E-state index contributed by atoms with van der Waals surface area (Å²) in [6.07, 6.45) is 1.20. The number of nitrogens with zero attached hydrogens (tertiary/aromatic N) is 3. The standard InChI is InChI=1S/C49H67ClFN9O9/c1-29-23-30(25-32(51)24-29)34-28-55-42(40(43-57-35-12-11-31(50)26-36(35)58-43)41(34)60-19-13-33(14-20-60)56-45(64)68-48(5,6)7)53-17-16-52-38(61)15-21-66-22-18-54-44(63)37(27-39(62)67-47(2,3)4)59-46(65)69-49(8,9)10/h11-12,23-26,28,33,37H,13-22,27H2,1-10H3,(H,52,61)(H,53,55)(H,54,63)(H,56,64)(H,57,58)(H,59,65)/t37-/m1/s1. The summed E-state index contributed by atoms with van der Waals surface area (Å²) in [4.78, 5) is 79.0. The molecule has 6 N–H and O–H groups in total. The molecule has 4 aromatic rings. The van der Waals surface area contributed by atoms with E-state index in [-0.39, 0.29) is 57.0 Å². The normalized spacial score (nSPS) is 13.9. The van der Waals surface area contributed by atoms with Crippen molar-refractivity contribution in [2.75, 3.05) is 56.2 Å². The molecule has 1 aliphatic heterocycles. The molecule has 3 heterocycles. The van der Waals surface area contributed by atoms with Crippen molar-refractivity contribution in [2.24, 2.45) is 0 Å². The maximum Gasteiger partial charge on any atom is 0.408 e. The summed E-state index contributed by atoms with van der Waals surface area (Å²) < 4.78 is 36.8. The van der Waals surface area contributed by atoms with Crippen molar-refractivity contribution < 1.29 is 47.3 Å². The minimum Gasteiger partial charge on any atom is -0.460 e. The largest absolute Gasteiger partial charge is 0.460 e. The van der Waals surface area contributed by atoms with Gasteiger partial charge in [-0.3, -0.25) is 14.4 Å². The number of fused-ring (bicyclic) bond motifs is 1. The van der Waals surface area contributed by atoms with Crippen molar-refractivity contribution in [2.45, 2.75) is 124 Å². The van der Waals surface area contributed by atoms with E-state index < -0.39 is 53.3 Å². The number of carbonyl (C=O) groups excluding carboxylic acids is 5. The van der Waals surface area contributed by atoms with E-state index in [1.54, 1.807) is 59.9 Å². The minimum absolute atomic E-state index is 0.0328. The van der Waals surface area contributed by atoms with Crippen LogP contribution in [0.5, 0.6) is 0 Å². The molecule has 0 radical (unpaired) electrons. The van der Waals surface area contributed by atoms with Gasteiger partial charge in [0, 0.05) is 62.0 Å². The number of anilines is 2. The topological polar surface area (TPSA) is 227 Å². The van der Waals surface area contributed by atoms with Gasteiger partial charge in [-0.25, -0.2) is 23.9 Å². The van der Waals surface area contributed by atoms with Crippen LogP contribution in [0.2, 0.25) is 5.02 Å². The molecule has 4 amide bonds. The Balaban J connectivity index is 1.24. The zero-order valence-corrected chi connectivity index (χ0v) is 42.0. The zero-order chi connectivity index (χ0) is 50.7. The molecule has 2 aromatic heterocycles. The number of ether oxygens (including phenoxy) is 4. The second kappa shape index (κ2) is 23.4. The second-order valence-electron chi connectivity index (χ2n) is 19.8. The van der Waals surface area contributed by atoms with Crippen LogP contribution in [0.15, 0.2) is 42.6 Å². The summed E-state index contributed by atoms with van der Waals surface area (Å²) in [5, 5.41) is 14.9. The van der Waals surface area contributed by atoms with E-state index in [0.29, 0.717) is 70.3 Å². The predicted octanol–water partition coefficient (Wildman–Crippen LogP) is 7.56. The number of piperidine rings is 1. The van der Waals surface area contributed by atoms with Crippen molar-refractivity contribution >= 4 is 64.1 Å². The van der Waals surface area contributed by atoms with E-state index in [4.69, 9.17) is 40.5 Å². The Labute approximate surface area is 407 Å². The number of halogens is 2. The number of aryl methyl sites for hydroxylation is 1. The molecule has 5 rings (SSSR count). The number of H-pyrrole nitrogens is 1. The molecule has 20 heteroatoms. The van der Waals surface area contributed by atoms with Crippen molar-refractivity contribution in [3.63, 3.8) is 0 Å². The van der Waals surface area contributed by atoms with Gasteiger partial charge in [0.05, 0.1) is 41.9 Å². The Hall–Kier alpha value is -6.21. The SMILES string of the molecule is Cc1cc(F)cc(-c2cnc(NCCNC(=O)CCOCCNC(=O)[C@@H](CC(=O)OC(C)(C)C)NC(=O)OC(C)(C)C)c(-c3nc4ccc(Cl)cc4[nH]3)c2N2CCC(NC(=O)OC(C)(C)C)CC2)c1. The summed E-state index contributed by atoms with van der Waals surface area (Å²) in [6, 6.07) is 8.82. The fourth-order valence-electron chi connectivity index (χ4n) is 7.43. The summed E-state index contributed by atoms with van der Waals surface area (Å²) in [6.45, 7) is 19.1. The third kappa shape index (κ3) is 17.4. The van der Waals surface area contributed by atoms with E-state index in [0.717, 1.165) is 11.3 Å². The first kappa shape index (κ1) is 53.7. The van der Waals surface area contributed by atoms with E-state index in [2.05, 4.69) is 36.5 Å². The number of aromatic nitrogens is 3. The molecule has 2 aromatic carbocycles. The number of aromatic amines is 1. The summed E-state index contributed by atoms with van der Waals surface area (Å²) in [5.74, 6) is -1.01. The molecule has 69 heavy (non-hydrogen) atoms. The van der Waals surface area contributed by atoms with E-state index in [9.17, 15) is 24.0 Å². The number of hydrogen-bond donors (Lipinski definition) is 6. The molecule has 0 bridgehead atoms. The smallest absolute Gasteiger partial charge is 0.408 e. The van der Waals surface area contributed by atoms with E-state index >= 15 is 4.39 Å². The zero-order valence-electron chi connectivity index (χ0n) is 41.2. The molecule has 0 aliphatic carbocycles. The number of alkyl carbamates (subject to hydrolysis) is 2. The molecule has 18 nitrogen and oxygen atoms in total. The number of rotatable bonds is 18. The van der Waals surface area contributed by atoms with E-state index in [1.807, 2.05) is 39.8 Å². The average molecular weight is 981 g/mol. The van der Waals surface area contributed by atoms with Gasteiger partial charge in [0.2, 0.25) is 11.8 Å². The maximum absolute atomic E-state index is 15.0. The number of carbonyl (C=O) groups is 5. The third-order valence-electron chi connectivity index (χ3n) is 10.2. The molecule has 0 spiro atoms. The first-order chi connectivity index (χ1) is 32.3. The fraction of sp³-hybridized carbons (Fsp3) is 0.531. The van der Waals surface area contributed by atoms with Crippen LogP contribution in [0.4, 0.5) is 25.5 Å². The van der Waals surface area contributed by atoms with Gasteiger partial charge in [-0.1, -0.05) is 17.7 Å². The highest BCUT2D eigenvalue weighted by Crippen LogP contribution is 2.44. The first-order valence-electron chi connectivity index (χ1n) is 23.1. The van der Waals surface area contributed by atoms with Crippen molar-refractivity contribution in [3.8, 4) is 22.5 Å². The van der Waals surface area contributed by atoms with Gasteiger partial charge < -0.3 is 55.4 Å². The predicted molar refractivity (Wildman–Crippen MR) is 263 cm³/mol. The van der Waals surface area contributed by atoms with Gasteiger partial charge in [0.1, 0.15) is 40.3 Å². The van der Waals surface area contributed by atoms with Crippen LogP contribution in [-0.4, -0.2) is 120 Å². The van der Waals surface area contributed by atoms with Crippen LogP contribution in [0.3, 0.4) is 0 Å². The number of hydrogen-bond acceptors (Lipinski definition) is 13. The molecule has 0 saturated carbocycles. The molecule has 1 saturated heterocycles. The molecule has 1 fully saturated rings. The summed E-state index contributed by atoms with van der Waals surface area (Å²) >= 11 is 6.38. The number of nitrogens with one attached hydrogen (secondary N) is 6. The highest BCUT2D eigenvalue weighted by molar-refractivity contribution is 6.31. The Morgan fingerprint density at radius 2 is 1.54 bits per heavy atom. The monoisotopic (exact) mass is 979 g/mol. The number of esters is 1. The van der Waals surface area contributed by atoms with Crippen LogP contribution in [0.1, 0.15) is 93.6 Å². The highest BCUT2D eigenvalue weighted by Gasteiger charge is 2.31. The molecular weight excluding hydrogens is 913 g/mol. The lowest BCUT2D eigenvalue weighted by atomic mass is 9.96. The Morgan fingerprint density at radius 1 is 0.855 bits per heavy atom. The van der Waals surface area contributed by atoms with Gasteiger partial charge in [0.25, 0.3) is 0 Å². The van der Waals surface area contributed by atoms with Gasteiger partial charge in [-0.15, -0.1) is 0 Å². The van der Waals surface area contributed by atoms with Gasteiger partial charge in [0.15, 0.2) is 0 Å². The molecule has 376 valence electrons. The van der Waals surface area contributed by atoms with Crippen LogP contribution in [0.25, 0.3) is 33.5 Å². The average Bonchev–Trinajstić information content (AvgIpc) is 3.63. The van der Waals surface area contributed by atoms with Gasteiger partial charge in [-0.05, 0) is 124 Å². The van der Waals surface area contributed by atoms with Gasteiger partial charge in [-0.2, -0.15) is 0 Å². The molecule has 1 atom stereocenters. The number of benzene rings is 2. The van der Waals surface area contributed by atoms with Crippen LogP contribution in [-0.2, 0) is 33.3 Å². The number of amides is 4. The molecule has 1 aliphatic rings. The van der Waals surface area contributed by atoms with Crippen molar-refractivity contribution in [1.29, 1.82) is 0 Å². The number of pyridine rings is 1. The fourth-order valence-corrected chi connectivity index (χ4v) is 7.60. The number of imidazole rings is 1. The molecule has 0 unspecified atom stereocenters. The lowest BCUT2D eigenvalue weighted by Gasteiger charge is -2.36. The van der Waals surface area contributed by atoms with Crippen LogP contribution < -0.4 is 31.5 Å². The highest BCUT2D eigenvalue weighted by atomic mass is 35.5. The first-order valence-corrected chi connectivity index (χ1v) is 23.5. The second-order valence-corrected chi connectivity index (χ2v) is 20.3. The Morgan fingerprint density at radius 3 is 2.20 bits per heavy atom. The minimum atomic E-state index is -1.26. The van der Waals surface area contributed by atoms with Crippen molar-refractivity contribution in [3.05, 3.63) is 59.0 Å². The Bertz CT molecular complexity index is 2410. The van der Waals surface area contributed by atoms with E-state index in [1.165, 1.54) is 12.1 Å². The Kier molecular flexibility index (Phi) is 18.2. The summed E-state index contributed by atoms with van der Waals surface area (Å²) in [5.41, 5.74) is 2.56. The van der Waals surface area contributed by atoms with Crippen molar-refractivity contribution in [1.82, 2.24) is 36.2 Å². The van der Waals surface area contributed by atoms with Gasteiger partial charge >= 0.3 is 18.2 Å². The third-order valence-corrected chi connectivity index (χ3v) is 10.4. The lowest BCUT2D eigenvalue weighted by molar-refractivity contribution is -0.156. The summed E-state index contributed by atoms with van der Waals surface area (Å²) in [7, 11) is 0. The lowest BCUT2D eigenvalue weighted by Crippen LogP contribution is -2.50.